The highest BCUT2D eigenvalue weighted by atomic mass is 17.1. The van der Waals surface area contributed by atoms with Gasteiger partial charge in [0, 0.05) is 61.2 Å². The molecule has 8 N–H and O–H groups in total. The predicted octanol–water partition coefficient (Wildman–Crippen LogP) is 2.78. The average molecular weight is 770 g/mol. The van der Waals surface area contributed by atoms with Crippen molar-refractivity contribution in [2.45, 2.75) is 102 Å². The van der Waals surface area contributed by atoms with Gasteiger partial charge in [-0.15, -0.1) is 0 Å². The first-order chi connectivity index (χ1) is 26.4. The summed E-state index contributed by atoms with van der Waals surface area (Å²) in [6, 6.07) is 5.27. The molecule has 0 aromatic heterocycles. The highest BCUT2D eigenvalue weighted by molar-refractivity contribution is 6.26. The van der Waals surface area contributed by atoms with E-state index in [9.17, 15) is 33.9 Å². The number of rotatable bonds is 27. The topological polar surface area (TPSA) is 233 Å². The van der Waals surface area contributed by atoms with E-state index in [1.54, 1.807) is 18.2 Å². The summed E-state index contributed by atoms with van der Waals surface area (Å²) >= 11 is 0. The molecule has 0 unspecified atom stereocenters. The number of hydrogen-bond acceptors (Lipinski definition) is 11. The molecule has 2 aromatic carbocycles. The largest absolute Gasteiger partial charge is 0.480 e. The molecule has 55 heavy (non-hydrogen) atoms. The van der Waals surface area contributed by atoms with Crippen molar-refractivity contribution in [3.8, 4) is 0 Å². The van der Waals surface area contributed by atoms with Crippen LogP contribution in [0.15, 0.2) is 30.3 Å². The van der Waals surface area contributed by atoms with E-state index in [0.29, 0.717) is 42.3 Å². The number of unbranched alkanes of at least 4 members (excludes halogenated alkanes) is 6. The van der Waals surface area contributed by atoms with E-state index < -0.39 is 53.6 Å². The van der Waals surface area contributed by atoms with E-state index in [-0.39, 0.29) is 39.0 Å². The van der Waals surface area contributed by atoms with E-state index >= 15 is 0 Å². The molecule has 1 aliphatic rings. The molecule has 0 radical (unpaired) electrons. The van der Waals surface area contributed by atoms with Crippen molar-refractivity contribution in [3.05, 3.63) is 41.5 Å². The first-order valence-electron chi connectivity index (χ1n) is 19.3. The Hall–Kier alpha value is -4.64. The Labute approximate surface area is 322 Å². The molecule has 3 atom stereocenters. The number of amides is 5. The van der Waals surface area contributed by atoms with Crippen molar-refractivity contribution >= 4 is 52.0 Å². The van der Waals surface area contributed by atoms with Crippen LogP contribution >= 0.6 is 0 Å². The highest BCUT2D eigenvalue weighted by Crippen LogP contribution is 2.35. The number of carboxylic acids is 1. The van der Waals surface area contributed by atoms with Crippen molar-refractivity contribution in [2.24, 2.45) is 5.73 Å². The lowest BCUT2D eigenvalue weighted by atomic mass is 9.92. The van der Waals surface area contributed by atoms with Crippen LogP contribution in [0, 0.1) is 0 Å². The third kappa shape index (κ3) is 13.6. The quantitative estimate of drug-likeness (QED) is 0.0301. The average Bonchev–Trinajstić information content (AvgIpc) is 3.16. The minimum atomic E-state index is -1.30. The van der Waals surface area contributed by atoms with Crippen LogP contribution in [0.3, 0.4) is 0 Å². The van der Waals surface area contributed by atoms with Gasteiger partial charge < -0.3 is 37.0 Å². The summed E-state index contributed by atoms with van der Waals surface area (Å²) in [5.41, 5.74) is 7.76. The summed E-state index contributed by atoms with van der Waals surface area (Å²) in [6.07, 6.45) is 7.76. The SMILES string of the molecule is CCCCCCCCNCC[C@H](N)C(=O)N[C@H](CCN1C(=O)c2cccc3c(N(C)C)ccc(c23)C1=O)C(=O)NCC[C@@H](NC(=O)CCCCOO)C(=O)O. The van der Waals surface area contributed by atoms with Crippen molar-refractivity contribution in [1.82, 2.24) is 26.2 Å². The Morgan fingerprint density at radius 2 is 1.53 bits per heavy atom. The first-order valence-corrected chi connectivity index (χ1v) is 19.3. The molecule has 0 spiro atoms. The third-order valence-electron chi connectivity index (χ3n) is 9.66. The minimum absolute atomic E-state index is 0.0200. The molecule has 16 nitrogen and oxygen atoms in total. The summed E-state index contributed by atoms with van der Waals surface area (Å²) in [6.45, 7) is 3.14. The van der Waals surface area contributed by atoms with Crippen LogP contribution in [0.5, 0.6) is 0 Å². The Balaban J connectivity index is 1.67. The maximum absolute atomic E-state index is 13.7. The summed E-state index contributed by atoms with van der Waals surface area (Å²) < 4.78 is 0. The predicted molar refractivity (Wildman–Crippen MR) is 209 cm³/mol. The van der Waals surface area contributed by atoms with Crippen LogP contribution in [0.2, 0.25) is 0 Å². The van der Waals surface area contributed by atoms with Crippen LogP contribution in [-0.4, -0.2) is 116 Å². The van der Waals surface area contributed by atoms with E-state index in [1.807, 2.05) is 31.1 Å². The zero-order chi connectivity index (χ0) is 40.3. The normalized spacial score (nSPS) is 14.0. The van der Waals surface area contributed by atoms with Gasteiger partial charge in [0.2, 0.25) is 17.7 Å². The fourth-order valence-corrected chi connectivity index (χ4v) is 6.51. The Morgan fingerprint density at radius 1 is 0.818 bits per heavy atom. The number of nitrogens with zero attached hydrogens (tertiary/aromatic N) is 2. The number of anilines is 1. The zero-order valence-electron chi connectivity index (χ0n) is 32.4. The number of carboxylic acid groups (broad SMARTS) is 1. The molecular weight excluding hydrogens is 710 g/mol. The molecule has 1 heterocycles. The van der Waals surface area contributed by atoms with Crippen LogP contribution in [0.1, 0.15) is 105 Å². The third-order valence-corrected chi connectivity index (χ3v) is 9.66. The van der Waals surface area contributed by atoms with Crippen molar-refractivity contribution in [3.63, 3.8) is 0 Å². The Morgan fingerprint density at radius 3 is 2.22 bits per heavy atom. The molecule has 0 saturated carbocycles. The number of benzene rings is 2. The maximum Gasteiger partial charge on any atom is 0.326 e. The lowest BCUT2D eigenvalue weighted by molar-refractivity contribution is -0.242. The van der Waals surface area contributed by atoms with Gasteiger partial charge >= 0.3 is 5.97 Å². The smallest absolute Gasteiger partial charge is 0.326 e. The molecule has 0 bridgehead atoms. The summed E-state index contributed by atoms with van der Waals surface area (Å²) in [5, 5.41) is 30.4. The van der Waals surface area contributed by atoms with E-state index in [0.717, 1.165) is 35.4 Å². The molecule has 16 heteroatoms. The molecular formula is C39H59N7O9. The van der Waals surface area contributed by atoms with Crippen molar-refractivity contribution < 1.29 is 44.0 Å². The van der Waals surface area contributed by atoms with Crippen molar-refractivity contribution in [1.29, 1.82) is 0 Å². The Bertz CT molecular complexity index is 1600. The molecule has 3 rings (SSSR count). The van der Waals surface area contributed by atoms with E-state index in [4.69, 9.17) is 11.0 Å². The number of carbonyl (C=O) groups excluding carboxylic acids is 5. The van der Waals surface area contributed by atoms with Crippen LogP contribution in [0.25, 0.3) is 10.8 Å². The number of hydrogen-bond donors (Lipinski definition) is 7. The molecule has 304 valence electrons. The summed E-state index contributed by atoms with van der Waals surface area (Å²) in [4.78, 5) is 85.3. The second kappa shape index (κ2) is 23.3. The number of carbonyl (C=O) groups is 6. The van der Waals surface area contributed by atoms with Crippen LogP contribution in [-0.2, 0) is 24.1 Å². The summed E-state index contributed by atoms with van der Waals surface area (Å²) in [5.74, 6) is -4.12. The number of nitrogens with two attached hydrogens (primary N) is 1. The molecule has 0 aliphatic carbocycles. The zero-order valence-corrected chi connectivity index (χ0v) is 32.4. The van der Waals surface area contributed by atoms with Crippen LogP contribution in [0.4, 0.5) is 5.69 Å². The second-order valence-electron chi connectivity index (χ2n) is 14.1. The van der Waals surface area contributed by atoms with Gasteiger partial charge in [-0.25, -0.2) is 9.68 Å². The second-order valence-corrected chi connectivity index (χ2v) is 14.1. The van der Waals surface area contributed by atoms with Gasteiger partial charge in [-0.2, -0.15) is 0 Å². The molecule has 0 saturated heterocycles. The number of nitrogens with one attached hydrogen (secondary N) is 4. The number of imide groups is 1. The number of aliphatic carboxylic acids is 1. The highest BCUT2D eigenvalue weighted by Gasteiger charge is 2.35. The summed E-state index contributed by atoms with van der Waals surface area (Å²) in [7, 11) is 3.75. The van der Waals surface area contributed by atoms with E-state index in [1.165, 1.54) is 25.7 Å². The van der Waals surface area contributed by atoms with Crippen LogP contribution < -0.4 is 31.9 Å². The monoisotopic (exact) mass is 769 g/mol. The maximum atomic E-state index is 13.7. The van der Waals surface area contributed by atoms with Gasteiger partial charge in [0.25, 0.3) is 11.8 Å². The molecule has 1 aliphatic heterocycles. The lowest BCUT2D eigenvalue weighted by Gasteiger charge is -2.30. The van der Waals surface area contributed by atoms with Gasteiger partial charge in [-0.05, 0) is 69.8 Å². The van der Waals surface area contributed by atoms with Gasteiger partial charge in [0.05, 0.1) is 12.6 Å². The van der Waals surface area contributed by atoms with Gasteiger partial charge in [-0.1, -0.05) is 51.2 Å². The first kappa shape index (κ1) is 44.8. The molecule has 0 fully saturated rings. The fraction of sp³-hybridized carbons (Fsp3) is 0.590. The van der Waals surface area contributed by atoms with Gasteiger partial charge in [-0.3, -0.25) is 34.1 Å². The fourth-order valence-electron chi connectivity index (χ4n) is 6.51. The minimum Gasteiger partial charge on any atom is -0.480 e. The van der Waals surface area contributed by atoms with E-state index in [2.05, 4.69) is 33.1 Å². The standard InChI is InChI=1S/C39H59N7O9/c1-4-5-6-7-8-10-21-41-22-18-29(40)35(48)44-30(36(49)42-23-19-31(39(52)53)43-33(47)15-9-11-25-55-54)20-24-46-37(50)27-14-12-13-26-32(45(2)3)17-16-28(34(26)27)38(46)51/h12-14,16-17,29-31,41,54H,4-11,15,18-25,40H2,1-3H3,(H,42,49)(H,43,47)(H,44,48)(H,52,53)/t29-,30+,31+/m0/s1. The molecule has 2 aromatic rings. The lowest BCUT2D eigenvalue weighted by Crippen LogP contribution is -2.54. The Kier molecular flexibility index (Phi) is 19.0. The molecule has 5 amide bonds. The van der Waals surface area contributed by atoms with Gasteiger partial charge in [0.15, 0.2) is 0 Å². The van der Waals surface area contributed by atoms with Crippen molar-refractivity contribution in [2.75, 3.05) is 51.8 Å². The van der Waals surface area contributed by atoms with Gasteiger partial charge in [0.1, 0.15) is 12.1 Å².